The minimum atomic E-state index is -2.81. The fourth-order valence-corrected chi connectivity index (χ4v) is 3.12. The minimum absolute atomic E-state index is 0. The summed E-state index contributed by atoms with van der Waals surface area (Å²) in [6, 6.07) is 7.70. The molecule has 0 spiro atoms. The first-order valence-corrected chi connectivity index (χ1v) is 8.44. The molecule has 0 radical (unpaired) electrons. The molecule has 3 rings (SSSR count). The van der Waals surface area contributed by atoms with Crippen LogP contribution in [0, 0.1) is 0 Å². The van der Waals surface area contributed by atoms with Crippen LogP contribution in [0.5, 0.6) is 5.75 Å². The number of hydrogen-bond acceptors (Lipinski definition) is 3. The van der Waals surface area contributed by atoms with Gasteiger partial charge in [0.1, 0.15) is 5.75 Å². The van der Waals surface area contributed by atoms with Gasteiger partial charge in [-0.3, -0.25) is 4.99 Å². The Kier molecular flexibility index (Phi) is 7.52. The summed E-state index contributed by atoms with van der Waals surface area (Å²) in [6.07, 6.45) is 4.58. The molecule has 25 heavy (non-hydrogen) atoms. The Morgan fingerprint density at radius 1 is 1.20 bits per heavy atom. The third-order valence-electron chi connectivity index (χ3n) is 4.62. The maximum absolute atomic E-state index is 12.6. The van der Waals surface area contributed by atoms with Crippen molar-refractivity contribution in [1.29, 1.82) is 0 Å². The van der Waals surface area contributed by atoms with Crippen LogP contribution in [0.4, 0.5) is 14.5 Å². The molecule has 1 saturated carbocycles. The zero-order valence-corrected chi connectivity index (χ0v) is 16.6. The molecule has 140 valence electrons. The van der Waals surface area contributed by atoms with Gasteiger partial charge in [-0.05, 0) is 37.8 Å². The summed E-state index contributed by atoms with van der Waals surface area (Å²) in [5.74, 6) is 1.05. The molecule has 8 heteroatoms. The van der Waals surface area contributed by atoms with Gasteiger partial charge in [0, 0.05) is 32.2 Å². The van der Waals surface area contributed by atoms with Gasteiger partial charge in [0.15, 0.2) is 5.96 Å². The predicted molar refractivity (Wildman–Crippen MR) is 106 cm³/mol. The number of para-hydroxylation sites is 2. The van der Waals surface area contributed by atoms with E-state index in [1.807, 2.05) is 12.1 Å². The molecular formula is C17H25F2IN4O. The molecule has 2 N–H and O–H groups in total. The first-order valence-electron chi connectivity index (χ1n) is 8.44. The van der Waals surface area contributed by atoms with Crippen LogP contribution in [0.2, 0.25) is 0 Å². The molecule has 1 aliphatic carbocycles. The van der Waals surface area contributed by atoms with E-state index in [1.54, 1.807) is 19.2 Å². The highest BCUT2D eigenvalue weighted by Crippen LogP contribution is 2.31. The van der Waals surface area contributed by atoms with Crippen molar-refractivity contribution in [2.24, 2.45) is 4.99 Å². The number of rotatable bonds is 5. The lowest BCUT2D eigenvalue weighted by atomic mass is 9.93. The molecule has 1 unspecified atom stereocenters. The molecule has 2 fully saturated rings. The summed E-state index contributed by atoms with van der Waals surface area (Å²) in [7, 11) is 1.77. The van der Waals surface area contributed by atoms with E-state index in [2.05, 4.69) is 25.3 Å². The molecule has 0 bridgehead atoms. The van der Waals surface area contributed by atoms with Gasteiger partial charge in [-0.25, -0.2) is 0 Å². The standard InChI is InChI=1S/C17H24F2N4O.HI/c1-20-17(21-12-5-4-6-12)22-13-9-10-23(11-13)14-7-2-3-8-15(14)24-16(18)19;/h2-3,7-8,12-13,16H,4-6,9-11H2,1H3,(H2,20,21,22);1H. The summed E-state index contributed by atoms with van der Waals surface area (Å²) >= 11 is 0. The number of benzene rings is 1. The van der Waals surface area contributed by atoms with Crippen LogP contribution in [-0.4, -0.2) is 44.8 Å². The fourth-order valence-electron chi connectivity index (χ4n) is 3.12. The summed E-state index contributed by atoms with van der Waals surface area (Å²) in [5, 5.41) is 6.85. The van der Waals surface area contributed by atoms with Crippen molar-refractivity contribution < 1.29 is 13.5 Å². The summed E-state index contributed by atoms with van der Waals surface area (Å²) < 4.78 is 29.8. The van der Waals surface area contributed by atoms with Crippen LogP contribution in [0.3, 0.4) is 0 Å². The summed E-state index contributed by atoms with van der Waals surface area (Å²) in [5.41, 5.74) is 0.712. The fraction of sp³-hybridized carbons (Fsp3) is 0.588. The molecular weight excluding hydrogens is 441 g/mol. The quantitative estimate of drug-likeness (QED) is 0.398. The number of alkyl halides is 2. The van der Waals surface area contributed by atoms with Gasteiger partial charge in [0.2, 0.25) is 0 Å². The number of ether oxygens (including phenoxy) is 1. The number of nitrogens with zero attached hydrogens (tertiary/aromatic N) is 2. The molecule has 0 amide bonds. The van der Waals surface area contributed by atoms with Gasteiger partial charge in [0.05, 0.1) is 5.69 Å². The van der Waals surface area contributed by atoms with Crippen LogP contribution in [0.25, 0.3) is 0 Å². The normalized spacial score (nSPS) is 20.9. The smallest absolute Gasteiger partial charge is 0.387 e. The molecule has 5 nitrogen and oxygen atoms in total. The van der Waals surface area contributed by atoms with Crippen molar-refractivity contribution in [3.05, 3.63) is 24.3 Å². The Morgan fingerprint density at radius 2 is 1.92 bits per heavy atom. The molecule has 1 heterocycles. The Bertz CT molecular complexity index is 584. The molecule has 1 aromatic carbocycles. The maximum Gasteiger partial charge on any atom is 0.387 e. The highest BCUT2D eigenvalue weighted by atomic mass is 127. The highest BCUT2D eigenvalue weighted by molar-refractivity contribution is 14.0. The lowest BCUT2D eigenvalue weighted by Crippen LogP contribution is -2.50. The number of halogens is 3. The zero-order valence-electron chi connectivity index (χ0n) is 14.3. The average Bonchev–Trinajstić information content (AvgIpc) is 2.98. The number of anilines is 1. The Hall–Kier alpha value is -1.32. The molecule has 1 aliphatic heterocycles. The maximum atomic E-state index is 12.6. The van der Waals surface area contributed by atoms with E-state index in [1.165, 1.54) is 19.3 Å². The largest absolute Gasteiger partial charge is 0.433 e. The van der Waals surface area contributed by atoms with Gasteiger partial charge in [0.25, 0.3) is 0 Å². The number of aliphatic imine (C=N–C) groups is 1. The van der Waals surface area contributed by atoms with Crippen LogP contribution in [0.15, 0.2) is 29.3 Å². The van der Waals surface area contributed by atoms with Gasteiger partial charge in [-0.1, -0.05) is 12.1 Å². The molecule has 2 aliphatic rings. The topological polar surface area (TPSA) is 48.9 Å². The second kappa shape index (κ2) is 9.40. The van der Waals surface area contributed by atoms with Crippen molar-refractivity contribution in [3.8, 4) is 5.75 Å². The number of hydrogen-bond donors (Lipinski definition) is 2. The van der Waals surface area contributed by atoms with Gasteiger partial charge < -0.3 is 20.3 Å². The monoisotopic (exact) mass is 466 g/mol. The molecule has 0 aromatic heterocycles. The van der Waals surface area contributed by atoms with Crippen molar-refractivity contribution in [2.45, 2.75) is 44.4 Å². The van der Waals surface area contributed by atoms with Crippen molar-refractivity contribution >= 4 is 35.6 Å². The van der Waals surface area contributed by atoms with E-state index in [0.29, 0.717) is 11.7 Å². The molecule has 1 aromatic rings. The highest BCUT2D eigenvalue weighted by Gasteiger charge is 2.27. The Labute approximate surface area is 164 Å². The zero-order chi connectivity index (χ0) is 16.9. The lowest BCUT2D eigenvalue weighted by molar-refractivity contribution is -0.0495. The molecule has 1 saturated heterocycles. The van der Waals surface area contributed by atoms with E-state index in [-0.39, 0.29) is 35.8 Å². The third kappa shape index (κ3) is 5.32. The SMILES string of the molecule is CN=C(NC1CCC1)NC1CCN(c2ccccc2OC(F)F)C1.I. The minimum Gasteiger partial charge on any atom is -0.433 e. The van der Waals surface area contributed by atoms with Gasteiger partial charge in [-0.15, -0.1) is 24.0 Å². The summed E-state index contributed by atoms with van der Waals surface area (Å²) in [6.45, 7) is -1.29. The molecule has 1 atom stereocenters. The lowest BCUT2D eigenvalue weighted by Gasteiger charge is -2.29. The first kappa shape index (κ1) is 20.0. The van der Waals surface area contributed by atoms with Gasteiger partial charge >= 0.3 is 6.61 Å². The summed E-state index contributed by atoms with van der Waals surface area (Å²) in [4.78, 5) is 6.36. The number of nitrogens with one attached hydrogen (secondary N) is 2. The average molecular weight is 466 g/mol. The van der Waals surface area contributed by atoms with Crippen molar-refractivity contribution in [1.82, 2.24) is 10.6 Å². The van der Waals surface area contributed by atoms with E-state index in [4.69, 9.17) is 0 Å². The van der Waals surface area contributed by atoms with Crippen LogP contribution >= 0.6 is 24.0 Å². The third-order valence-corrected chi connectivity index (χ3v) is 4.62. The van der Waals surface area contributed by atoms with Crippen molar-refractivity contribution in [2.75, 3.05) is 25.0 Å². The first-order chi connectivity index (χ1) is 11.7. The van der Waals surface area contributed by atoms with E-state index in [9.17, 15) is 8.78 Å². The van der Waals surface area contributed by atoms with Crippen molar-refractivity contribution in [3.63, 3.8) is 0 Å². The number of guanidine groups is 1. The van der Waals surface area contributed by atoms with E-state index in [0.717, 1.165) is 25.5 Å². The second-order valence-corrected chi connectivity index (χ2v) is 6.27. The Morgan fingerprint density at radius 3 is 2.56 bits per heavy atom. The van der Waals surface area contributed by atoms with Crippen LogP contribution in [-0.2, 0) is 0 Å². The van der Waals surface area contributed by atoms with E-state index >= 15 is 0 Å². The predicted octanol–water partition coefficient (Wildman–Crippen LogP) is 3.20. The van der Waals surface area contributed by atoms with E-state index < -0.39 is 6.61 Å². The van der Waals surface area contributed by atoms with Crippen LogP contribution < -0.4 is 20.3 Å². The second-order valence-electron chi connectivity index (χ2n) is 6.27. The van der Waals surface area contributed by atoms with Crippen LogP contribution in [0.1, 0.15) is 25.7 Å². The Balaban J connectivity index is 0.00000225. The van der Waals surface area contributed by atoms with Gasteiger partial charge in [-0.2, -0.15) is 8.78 Å².